The molecule has 2 rings (SSSR count). The summed E-state index contributed by atoms with van der Waals surface area (Å²) in [6, 6.07) is 0. The van der Waals surface area contributed by atoms with E-state index >= 15 is 0 Å². The smallest absolute Gasteiger partial charge is 0.246 e. The van der Waals surface area contributed by atoms with E-state index in [0.717, 1.165) is 25.7 Å². The second-order valence-corrected chi connectivity index (χ2v) is 7.17. The molecule has 6 nitrogen and oxygen atoms in total. The lowest BCUT2D eigenvalue weighted by Crippen LogP contribution is -2.37. The van der Waals surface area contributed by atoms with E-state index in [0.29, 0.717) is 5.69 Å². The van der Waals surface area contributed by atoms with E-state index in [9.17, 15) is 13.5 Å². The molecular formula is C13H22N2O4S. The molecule has 7 heteroatoms. The Morgan fingerprint density at radius 3 is 2.55 bits per heavy atom. The predicted molar refractivity (Wildman–Crippen MR) is 73.7 cm³/mol. The van der Waals surface area contributed by atoms with E-state index in [-0.39, 0.29) is 23.1 Å². The minimum Gasteiger partial charge on any atom is -0.391 e. The van der Waals surface area contributed by atoms with E-state index < -0.39 is 16.1 Å². The van der Waals surface area contributed by atoms with Crippen LogP contribution < -0.4 is 4.72 Å². The van der Waals surface area contributed by atoms with Crippen molar-refractivity contribution in [3.8, 4) is 0 Å². The van der Waals surface area contributed by atoms with Crippen molar-refractivity contribution >= 4 is 10.0 Å². The van der Waals surface area contributed by atoms with Gasteiger partial charge in [-0.25, -0.2) is 13.1 Å². The summed E-state index contributed by atoms with van der Waals surface area (Å²) in [4.78, 5) is 0.0772. The van der Waals surface area contributed by atoms with Crippen LogP contribution in [0.4, 0.5) is 0 Å². The maximum absolute atomic E-state index is 12.2. The van der Waals surface area contributed by atoms with Gasteiger partial charge in [-0.05, 0) is 32.6 Å². The second kappa shape index (κ2) is 6.24. The molecule has 0 saturated heterocycles. The highest BCUT2D eigenvalue weighted by Crippen LogP contribution is 2.26. The average molecular weight is 302 g/mol. The number of aromatic nitrogens is 1. The Morgan fingerprint density at radius 2 is 2.00 bits per heavy atom. The van der Waals surface area contributed by atoms with E-state index in [4.69, 9.17) is 4.52 Å². The molecule has 1 aromatic heterocycles. The van der Waals surface area contributed by atoms with Crippen LogP contribution in [0.25, 0.3) is 0 Å². The Kier molecular flexibility index (Phi) is 4.82. The first-order valence-corrected chi connectivity index (χ1v) is 8.50. The summed E-state index contributed by atoms with van der Waals surface area (Å²) >= 11 is 0. The molecule has 20 heavy (non-hydrogen) atoms. The third kappa shape index (κ3) is 3.39. The minimum absolute atomic E-state index is 0.0388. The van der Waals surface area contributed by atoms with Crippen LogP contribution in [0.15, 0.2) is 9.42 Å². The van der Waals surface area contributed by atoms with E-state index in [2.05, 4.69) is 9.88 Å². The first-order chi connectivity index (χ1) is 9.42. The predicted octanol–water partition coefficient (Wildman–Crippen LogP) is 1.51. The lowest BCUT2D eigenvalue weighted by molar-refractivity contribution is 0.0888. The van der Waals surface area contributed by atoms with E-state index in [1.54, 1.807) is 13.8 Å². The monoisotopic (exact) mass is 302 g/mol. The van der Waals surface area contributed by atoms with E-state index in [1.165, 1.54) is 6.42 Å². The van der Waals surface area contributed by atoms with Gasteiger partial charge in [0, 0.05) is 6.54 Å². The molecule has 1 fully saturated rings. The molecule has 0 amide bonds. The van der Waals surface area contributed by atoms with Crippen molar-refractivity contribution in [1.82, 2.24) is 9.88 Å². The summed E-state index contributed by atoms with van der Waals surface area (Å²) in [6.07, 6.45) is 4.72. The summed E-state index contributed by atoms with van der Waals surface area (Å²) in [5, 5.41) is 13.8. The van der Waals surface area contributed by atoms with Crippen molar-refractivity contribution in [1.29, 1.82) is 0 Å². The molecular weight excluding hydrogens is 280 g/mol. The fourth-order valence-corrected chi connectivity index (χ4v) is 4.19. The van der Waals surface area contributed by atoms with Crippen LogP contribution in [0.5, 0.6) is 0 Å². The number of hydrogen-bond acceptors (Lipinski definition) is 5. The van der Waals surface area contributed by atoms with Gasteiger partial charge in [0.1, 0.15) is 10.6 Å². The number of sulfonamides is 1. The fourth-order valence-electron chi connectivity index (χ4n) is 2.81. The lowest BCUT2D eigenvalue weighted by atomic mass is 9.85. The third-order valence-corrected chi connectivity index (χ3v) is 5.58. The van der Waals surface area contributed by atoms with Crippen LogP contribution in [0.3, 0.4) is 0 Å². The van der Waals surface area contributed by atoms with Gasteiger partial charge in [0.2, 0.25) is 10.0 Å². The molecule has 1 aliphatic carbocycles. The van der Waals surface area contributed by atoms with Gasteiger partial charge < -0.3 is 9.63 Å². The standard InChI is InChI=1S/C13H22N2O4S/c1-9-13(10(2)19-15-9)20(17,18)14-8-12(16)11-6-4-3-5-7-11/h11-12,14,16H,3-8H2,1-2H3. The average Bonchev–Trinajstić information content (AvgIpc) is 2.77. The zero-order chi connectivity index (χ0) is 14.8. The number of aliphatic hydroxyl groups is 1. The molecule has 0 spiro atoms. The van der Waals surface area contributed by atoms with Gasteiger partial charge in [0.25, 0.3) is 0 Å². The van der Waals surface area contributed by atoms with Crippen molar-refractivity contribution in [3.63, 3.8) is 0 Å². The molecule has 2 N–H and O–H groups in total. The van der Waals surface area contributed by atoms with Gasteiger partial charge in [-0.2, -0.15) is 0 Å². The van der Waals surface area contributed by atoms with Crippen LogP contribution in [0.2, 0.25) is 0 Å². The Hall–Kier alpha value is -0.920. The van der Waals surface area contributed by atoms with Crippen molar-refractivity contribution in [2.24, 2.45) is 5.92 Å². The summed E-state index contributed by atoms with van der Waals surface area (Å²) in [5.41, 5.74) is 0.335. The zero-order valence-electron chi connectivity index (χ0n) is 11.9. The normalized spacial score (nSPS) is 19.1. The highest BCUT2D eigenvalue weighted by atomic mass is 32.2. The SMILES string of the molecule is Cc1noc(C)c1S(=O)(=O)NCC(O)C1CCCCC1. The van der Waals surface area contributed by atoms with Crippen molar-refractivity contribution in [3.05, 3.63) is 11.5 Å². The largest absolute Gasteiger partial charge is 0.391 e. The van der Waals surface area contributed by atoms with Crippen molar-refractivity contribution in [2.75, 3.05) is 6.54 Å². The van der Waals surface area contributed by atoms with Crippen LogP contribution in [0.1, 0.15) is 43.6 Å². The molecule has 1 saturated carbocycles. The van der Waals surface area contributed by atoms with Crippen molar-refractivity contribution in [2.45, 2.75) is 57.0 Å². The molecule has 0 radical (unpaired) electrons. The first kappa shape index (κ1) is 15.5. The molecule has 1 atom stereocenters. The molecule has 0 aromatic carbocycles. The van der Waals surface area contributed by atoms with Crippen molar-refractivity contribution < 1.29 is 18.0 Å². The number of aliphatic hydroxyl groups excluding tert-OH is 1. The van der Waals surface area contributed by atoms with Gasteiger partial charge in [-0.1, -0.05) is 24.4 Å². The quantitative estimate of drug-likeness (QED) is 0.860. The fraction of sp³-hybridized carbons (Fsp3) is 0.769. The minimum atomic E-state index is -3.68. The van der Waals surface area contributed by atoms with Gasteiger partial charge in [-0.3, -0.25) is 0 Å². The maximum Gasteiger partial charge on any atom is 0.246 e. The zero-order valence-corrected chi connectivity index (χ0v) is 12.7. The Morgan fingerprint density at radius 1 is 1.35 bits per heavy atom. The summed E-state index contributed by atoms with van der Waals surface area (Å²) in [7, 11) is -3.68. The number of rotatable bonds is 5. The van der Waals surface area contributed by atoms with E-state index in [1.807, 2.05) is 0 Å². The van der Waals surface area contributed by atoms with Crippen LogP contribution in [0, 0.1) is 19.8 Å². The first-order valence-electron chi connectivity index (χ1n) is 7.02. The van der Waals surface area contributed by atoms with Crippen LogP contribution >= 0.6 is 0 Å². The third-order valence-electron chi connectivity index (χ3n) is 3.91. The Labute approximate surface area is 119 Å². The molecule has 1 aliphatic rings. The second-order valence-electron chi connectivity index (χ2n) is 5.47. The molecule has 0 aliphatic heterocycles. The van der Waals surface area contributed by atoms with Crippen LogP contribution in [-0.2, 0) is 10.0 Å². The number of nitrogens with zero attached hydrogens (tertiary/aromatic N) is 1. The summed E-state index contributed by atoms with van der Waals surface area (Å²) in [6.45, 7) is 3.19. The van der Waals surface area contributed by atoms with Gasteiger partial charge in [0.05, 0.1) is 6.10 Å². The van der Waals surface area contributed by atoms with Gasteiger partial charge in [-0.15, -0.1) is 0 Å². The molecule has 1 heterocycles. The Bertz CT molecular complexity index is 527. The molecule has 1 unspecified atom stereocenters. The molecule has 1 aromatic rings. The molecule has 0 bridgehead atoms. The molecule has 114 valence electrons. The lowest BCUT2D eigenvalue weighted by Gasteiger charge is -2.26. The topological polar surface area (TPSA) is 92.4 Å². The van der Waals surface area contributed by atoms with Crippen LogP contribution in [-0.4, -0.2) is 31.3 Å². The highest BCUT2D eigenvalue weighted by Gasteiger charge is 2.27. The number of nitrogens with one attached hydrogen (secondary N) is 1. The highest BCUT2D eigenvalue weighted by molar-refractivity contribution is 7.89. The van der Waals surface area contributed by atoms with Gasteiger partial charge >= 0.3 is 0 Å². The summed E-state index contributed by atoms with van der Waals surface area (Å²) < 4.78 is 31.7. The summed E-state index contributed by atoms with van der Waals surface area (Å²) in [5.74, 6) is 0.457. The number of hydrogen-bond donors (Lipinski definition) is 2. The Balaban J connectivity index is 1.99. The number of aryl methyl sites for hydroxylation is 2. The maximum atomic E-state index is 12.2. The van der Waals surface area contributed by atoms with Gasteiger partial charge in [0.15, 0.2) is 5.76 Å².